The second kappa shape index (κ2) is 11.9. The number of hydrogen-bond acceptors (Lipinski definition) is 6. The summed E-state index contributed by atoms with van der Waals surface area (Å²) in [4.78, 5) is -0.505. The molecule has 1 N–H and O–H groups in total. The number of rotatable bonds is 4. The summed E-state index contributed by atoms with van der Waals surface area (Å²) >= 11 is 5.47. The van der Waals surface area contributed by atoms with E-state index in [1.54, 1.807) is 0 Å². The fourth-order valence-electron chi connectivity index (χ4n) is 5.00. The van der Waals surface area contributed by atoms with Gasteiger partial charge in [0.05, 0.1) is 15.9 Å². The first kappa shape index (κ1) is 40.1. The minimum absolute atomic E-state index is 0.214. The monoisotopic (exact) mass is 926 g/mol. The third-order valence-electron chi connectivity index (χ3n) is 7.18. The van der Waals surface area contributed by atoms with Crippen LogP contribution in [0.15, 0.2) is 33.1 Å². The van der Waals surface area contributed by atoms with E-state index in [0.29, 0.717) is 20.0 Å². The Morgan fingerprint density at radius 3 is 1.58 bits per heavy atom. The van der Waals surface area contributed by atoms with Gasteiger partial charge in [0.2, 0.25) is 0 Å². The molecule has 5 heterocycles. The van der Waals surface area contributed by atoms with Crippen molar-refractivity contribution in [1.29, 1.82) is 0 Å². The molecule has 0 fully saturated rings. The van der Waals surface area contributed by atoms with Crippen LogP contribution in [0.5, 0.6) is 0 Å². The van der Waals surface area contributed by atoms with Crippen LogP contribution < -0.4 is 10.5 Å². The zero-order valence-electron chi connectivity index (χ0n) is 24.8. The summed E-state index contributed by atoms with van der Waals surface area (Å²) in [7, 11) is 0. The van der Waals surface area contributed by atoms with E-state index in [2.05, 4.69) is 52.3 Å². The van der Waals surface area contributed by atoms with Gasteiger partial charge in [-0.15, -0.1) is 5.10 Å². The number of hydrazine groups is 1. The largest absolute Gasteiger partial charge is 0.439 e. The molecule has 4 aromatic rings. The molecular weight excluding hydrogens is 918 g/mol. The van der Waals surface area contributed by atoms with Gasteiger partial charge in [-0.2, -0.15) is 104 Å². The molecular formula is C23H10Br2F18N10. The fraction of sp³-hybridized carbons (Fsp3) is 0.391. The third kappa shape index (κ3) is 6.57. The number of alkyl halides is 18. The summed E-state index contributed by atoms with van der Waals surface area (Å²) in [6.45, 7) is 0.728. The summed E-state index contributed by atoms with van der Waals surface area (Å²) in [5.41, 5.74) is -22.0. The molecule has 0 bridgehead atoms. The first-order valence-electron chi connectivity index (χ1n) is 13.2. The van der Waals surface area contributed by atoms with Crippen LogP contribution in [0.3, 0.4) is 0 Å². The van der Waals surface area contributed by atoms with E-state index in [4.69, 9.17) is 0 Å². The molecule has 53 heavy (non-hydrogen) atoms. The molecule has 4 aromatic heterocycles. The van der Waals surface area contributed by atoms with Gasteiger partial charge in [0.15, 0.2) is 17.1 Å². The molecule has 10 nitrogen and oxygen atoms in total. The molecule has 1 atom stereocenters. The lowest BCUT2D eigenvalue weighted by Gasteiger charge is -2.39. The van der Waals surface area contributed by atoms with Crippen LogP contribution in [0.25, 0.3) is 11.4 Å². The van der Waals surface area contributed by atoms with Crippen molar-refractivity contribution in [2.24, 2.45) is 0 Å². The Hall–Kier alpha value is -4.12. The van der Waals surface area contributed by atoms with Crippen molar-refractivity contribution in [3.05, 3.63) is 67.3 Å². The van der Waals surface area contributed by atoms with Crippen LogP contribution in [0, 0.1) is 13.8 Å². The first-order chi connectivity index (χ1) is 23.7. The lowest BCUT2D eigenvalue weighted by molar-refractivity contribution is -0.207. The number of halogens is 20. The van der Waals surface area contributed by atoms with Gasteiger partial charge in [0.1, 0.15) is 27.4 Å². The maximum Gasteiger partial charge on any atom is 0.439 e. The minimum Gasteiger partial charge on any atom is -0.275 e. The second-order valence-corrected chi connectivity index (χ2v) is 12.2. The molecule has 5 rings (SSSR count). The summed E-state index contributed by atoms with van der Waals surface area (Å²) in [5.74, 6) is 0. The number of nitrogens with zero attached hydrogens (tertiary/aromatic N) is 9. The maximum absolute atomic E-state index is 15.0. The van der Waals surface area contributed by atoms with E-state index in [1.165, 1.54) is 5.43 Å². The van der Waals surface area contributed by atoms with Crippen molar-refractivity contribution in [2.75, 3.05) is 5.12 Å². The highest BCUT2D eigenvalue weighted by Gasteiger charge is 2.67. The molecule has 0 radical (unpaired) electrons. The summed E-state index contributed by atoms with van der Waals surface area (Å²) in [6.07, 6.45) is -35.3. The Balaban J connectivity index is 1.88. The minimum atomic E-state index is -5.99. The smallest absolute Gasteiger partial charge is 0.275 e. The highest BCUT2D eigenvalue weighted by Crippen LogP contribution is 2.48. The Bertz CT molecular complexity index is 2080. The van der Waals surface area contributed by atoms with Crippen molar-refractivity contribution in [1.82, 2.24) is 44.7 Å². The summed E-state index contributed by atoms with van der Waals surface area (Å²) < 4.78 is 252. The van der Waals surface area contributed by atoms with Gasteiger partial charge in [-0.3, -0.25) is 5.43 Å². The van der Waals surface area contributed by atoms with Crippen molar-refractivity contribution in [3.63, 3.8) is 0 Å². The fourth-order valence-corrected chi connectivity index (χ4v) is 5.55. The molecule has 30 heteroatoms. The predicted octanol–water partition coefficient (Wildman–Crippen LogP) is 8.49. The molecule has 292 valence electrons. The standard InChI is InChI=1S/C23H10Br2F18N10/c1-6-12(51-11(20(32,33)34)3-9(44-51)18(26,27)28)14(21(35,36)37)46-50(6)13-7(2)52(47-15(13)22(38,39)40)53-17(23(41,42)43,4-10(45-53)19(29,30)31)49-5-8(24)16(25)48-49/h3-5,45H,1-2H3. The van der Waals surface area contributed by atoms with Gasteiger partial charge in [-0.1, -0.05) is 0 Å². The SMILES string of the molecule is Cc1c(-n2nc(C(F)(F)F)cc2C(F)(F)F)c(C(F)(F)F)nn1-c1c(C(F)(F)F)nn(N2NC(C(F)(F)F)=CC2(n2cc(Br)c(Br)n2)C(F)(F)F)c1C. The average molecular weight is 928 g/mol. The van der Waals surface area contributed by atoms with Gasteiger partial charge < -0.3 is 0 Å². The molecule has 0 aliphatic carbocycles. The van der Waals surface area contributed by atoms with Gasteiger partial charge in [-0.25, -0.2) is 14.0 Å². The lowest BCUT2D eigenvalue weighted by Crippen LogP contribution is -2.65. The Labute approximate surface area is 295 Å². The predicted molar refractivity (Wildman–Crippen MR) is 143 cm³/mol. The van der Waals surface area contributed by atoms with Gasteiger partial charge in [-0.05, 0) is 45.7 Å². The van der Waals surface area contributed by atoms with E-state index in [-0.39, 0.29) is 9.15 Å². The van der Waals surface area contributed by atoms with Crippen molar-refractivity contribution < 1.29 is 79.0 Å². The highest BCUT2D eigenvalue weighted by molar-refractivity contribution is 9.13. The van der Waals surface area contributed by atoms with Crippen molar-refractivity contribution >= 4 is 31.9 Å². The zero-order chi connectivity index (χ0) is 40.4. The number of allylic oxidation sites excluding steroid dienone is 1. The summed E-state index contributed by atoms with van der Waals surface area (Å²) in [6, 6.07) is -0.714. The summed E-state index contributed by atoms with van der Waals surface area (Å²) in [5, 5.41) is 11.1. The van der Waals surface area contributed by atoms with Crippen LogP contribution >= 0.6 is 31.9 Å². The molecule has 1 aliphatic heterocycles. The molecule has 0 spiro atoms. The first-order valence-corrected chi connectivity index (χ1v) is 14.8. The molecule has 0 aromatic carbocycles. The normalized spacial score (nSPS) is 17.9. The maximum atomic E-state index is 15.0. The van der Waals surface area contributed by atoms with E-state index >= 15 is 13.2 Å². The van der Waals surface area contributed by atoms with Gasteiger partial charge in [0, 0.05) is 18.3 Å². The lowest BCUT2D eigenvalue weighted by atomic mass is 10.1. The number of nitrogens with one attached hydrogen (secondary N) is 1. The van der Waals surface area contributed by atoms with Crippen LogP contribution in [0.4, 0.5) is 79.0 Å². The Kier molecular flexibility index (Phi) is 9.03. The van der Waals surface area contributed by atoms with Gasteiger partial charge >= 0.3 is 37.1 Å². The van der Waals surface area contributed by atoms with Crippen molar-refractivity contribution in [3.8, 4) is 11.4 Å². The molecule has 0 saturated carbocycles. The number of aromatic nitrogens is 8. The average Bonchev–Trinajstić information content (AvgIpc) is 3.75. The van der Waals surface area contributed by atoms with E-state index in [9.17, 15) is 65.9 Å². The van der Waals surface area contributed by atoms with E-state index in [1.807, 2.05) is 0 Å². The quantitative estimate of drug-likeness (QED) is 0.207. The van der Waals surface area contributed by atoms with Crippen molar-refractivity contribution in [2.45, 2.75) is 56.6 Å². The Morgan fingerprint density at radius 2 is 1.15 bits per heavy atom. The van der Waals surface area contributed by atoms with Crippen LogP contribution in [-0.2, 0) is 30.4 Å². The topological polar surface area (TPSA) is 86.5 Å². The number of hydrogen-bond donors (Lipinski definition) is 1. The van der Waals surface area contributed by atoms with Crippen LogP contribution in [0.1, 0.15) is 34.2 Å². The highest BCUT2D eigenvalue weighted by atomic mass is 79.9. The molecule has 1 unspecified atom stereocenters. The van der Waals surface area contributed by atoms with E-state index in [0.717, 1.165) is 0 Å². The molecule has 0 saturated heterocycles. The zero-order valence-corrected chi connectivity index (χ0v) is 28.0. The van der Waals surface area contributed by atoms with Gasteiger partial charge in [0.25, 0.3) is 5.66 Å². The third-order valence-corrected chi connectivity index (χ3v) is 8.88. The van der Waals surface area contributed by atoms with Crippen LogP contribution in [-0.4, -0.2) is 51.6 Å². The van der Waals surface area contributed by atoms with Crippen LogP contribution in [0.2, 0.25) is 0 Å². The Morgan fingerprint density at radius 1 is 0.623 bits per heavy atom. The second-order valence-electron chi connectivity index (χ2n) is 10.6. The van der Waals surface area contributed by atoms with E-state index < -0.39 is 130 Å². The molecule has 1 aliphatic rings. The molecule has 0 amide bonds.